The van der Waals surface area contributed by atoms with Crippen LogP contribution in [-0.4, -0.2) is 106 Å². The van der Waals surface area contributed by atoms with Crippen molar-refractivity contribution in [3.05, 3.63) is 0 Å². The van der Waals surface area contributed by atoms with Crippen molar-refractivity contribution in [3.8, 4) is 0 Å². The fourth-order valence-electron chi connectivity index (χ4n) is 3.85. The molecule has 0 aliphatic heterocycles. The first-order valence-corrected chi connectivity index (χ1v) is 11.0. The average Bonchev–Trinajstić information content (AvgIpc) is 2.74. The van der Waals surface area contributed by atoms with Gasteiger partial charge in [0, 0.05) is 67.5 Å². The lowest BCUT2D eigenvalue weighted by Crippen LogP contribution is -2.55. The first-order valence-electron chi connectivity index (χ1n) is 11.0. The number of methoxy groups -OCH3 is 5. The second kappa shape index (κ2) is 19.4. The van der Waals surface area contributed by atoms with Crippen LogP contribution in [0.2, 0.25) is 0 Å². The number of ether oxygens (including phenoxy) is 6. The first kappa shape index (κ1) is 29.7. The van der Waals surface area contributed by atoms with E-state index >= 15 is 0 Å². The molecule has 2 N–H and O–H groups in total. The van der Waals surface area contributed by atoms with Gasteiger partial charge in [-0.3, -0.25) is 0 Å². The SMILES string of the molecule is CNC(COC)(COC)COCCNC(CCCOC)(CCCOC)CCCOC. The van der Waals surface area contributed by atoms with E-state index in [1.807, 2.05) is 7.05 Å². The van der Waals surface area contributed by atoms with Crippen LogP contribution in [0.15, 0.2) is 0 Å². The van der Waals surface area contributed by atoms with E-state index in [1.54, 1.807) is 35.5 Å². The van der Waals surface area contributed by atoms with Gasteiger partial charge in [-0.15, -0.1) is 0 Å². The Morgan fingerprint density at radius 2 is 1.03 bits per heavy atom. The number of hydrogen-bond donors (Lipinski definition) is 2. The molecule has 0 aromatic rings. The van der Waals surface area contributed by atoms with Crippen molar-refractivity contribution >= 4 is 0 Å². The number of nitrogens with one attached hydrogen (secondary N) is 2. The van der Waals surface area contributed by atoms with Crippen molar-refractivity contribution in [2.75, 3.05) is 95.4 Å². The summed E-state index contributed by atoms with van der Waals surface area (Å²) < 4.78 is 32.6. The fourth-order valence-corrected chi connectivity index (χ4v) is 3.85. The van der Waals surface area contributed by atoms with E-state index < -0.39 is 0 Å². The first-order chi connectivity index (χ1) is 14.6. The molecule has 0 spiro atoms. The molecule has 0 radical (unpaired) electrons. The van der Waals surface area contributed by atoms with Gasteiger partial charge in [0.2, 0.25) is 0 Å². The zero-order valence-electron chi connectivity index (χ0n) is 20.3. The highest BCUT2D eigenvalue weighted by atomic mass is 16.5. The second-order valence-corrected chi connectivity index (χ2v) is 7.95. The van der Waals surface area contributed by atoms with Gasteiger partial charge in [-0.2, -0.15) is 0 Å². The highest BCUT2D eigenvalue weighted by Gasteiger charge is 2.30. The maximum Gasteiger partial charge on any atom is 0.0887 e. The zero-order chi connectivity index (χ0) is 22.6. The number of hydrogen-bond acceptors (Lipinski definition) is 8. The van der Waals surface area contributed by atoms with Gasteiger partial charge in [-0.05, 0) is 45.6 Å². The van der Waals surface area contributed by atoms with Crippen LogP contribution in [0.25, 0.3) is 0 Å². The van der Waals surface area contributed by atoms with Gasteiger partial charge < -0.3 is 39.1 Å². The Morgan fingerprint density at radius 3 is 1.40 bits per heavy atom. The number of likely N-dealkylation sites (N-methyl/N-ethyl adjacent to an activating group) is 1. The minimum absolute atomic E-state index is 0.0398. The van der Waals surface area contributed by atoms with Gasteiger partial charge in [0.15, 0.2) is 0 Å². The Bertz CT molecular complexity index is 341. The molecule has 182 valence electrons. The van der Waals surface area contributed by atoms with Crippen LogP contribution in [-0.2, 0) is 28.4 Å². The van der Waals surface area contributed by atoms with Crippen LogP contribution in [0.3, 0.4) is 0 Å². The molecule has 0 aromatic carbocycles. The maximum atomic E-state index is 6.01. The third kappa shape index (κ3) is 13.2. The molecule has 0 unspecified atom stereocenters. The second-order valence-electron chi connectivity index (χ2n) is 7.95. The summed E-state index contributed by atoms with van der Waals surface area (Å²) in [6, 6.07) is 0. The summed E-state index contributed by atoms with van der Waals surface area (Å²) in [6.45, 7) is 5.30. The molecule has 0 aliphatic rings. The molecule has 0 saturated heterocycles. The lowest BCUT2D eigenvalue weighted by Gasteiger charge is -2.36. The van der Waals surface area contributed by atoms with Gasteiger partial charge in [-0.25, -0.2) is 0 Å². The highest BCUT2D eigenvalue weighted by molar-refractivity contribution is 4.89. The molecular formula is C22H48N2O6. The van der Waals surface area contributed by atoms with E-state index in [9.17, 15) is 0 Å². The van der Waals surface area contributed by atoms with E-state index in [0.29, 0.717) is 26.4 Å². The third-order valence-electron chi connectivity index (χ3n) is 5.51. The van der Waals surface area contributed by atoms with Crippen LogP contribution in [0, 0.1) is 0 Å². The molecule has 0 heterocycles. The molecular weight excluding hydrogens is 388 g/mol. The van der Waals surface area contributed by atoms with Crippen molar-refractivity contribution in [1.29, 1.82) is 0 Å². The third-order valence-corrected chi connectivity index (χ3v) is 5.51. The van der Waals surface area contributed by atoms with E-state index in [2.05, 4.69) is 10.6 Å². The zero-order valence-corrected chi connectivity index (χ0v) is 20.3. The Hall–Kier alpha value is -0.320. The minimum Gasteiger partial charge on any atom is -0.385 e. The van der Waals surface area contributed by atoms with Crippen molar-refractivity contribution in [2.24, 2.45) is 0 Å². The standard InChI is InChI=1S/C22H48N2O6/c1-23-22(18-28-5,19-29-6)20-30-17-13-24-21(10-7-14-25-2,11-8-15-26-3)12-9-16-27-4/h23-24H,7-20H2,1-6H3. The molecule has 30 heavy (non-hydrogen) atoms. The lowest BCUT2D eigenvalue weighted by molar-refractivity contribution is -0.0158. The van der Waals surface area contributed by atoms with E-state index in [0.717, 1.165) is 64.9 Å². The van der Waals surface area contributed by atoms with Crippen LogP contribution in [0.5, 0.6) is 0 Å². The molecule has 0 atom stereocenters. The van der Waals surface area contributed by atoms with Crippen LogP contribution < -0.4 is 10.6 Å². The summed E-state index contributed by atoms with van der Waals surface area (Å²) >= 11 is 0. The van der Waals surface area contributed by atoms with E-state index in [-0.39, 0.29) is 11.1 Å². The summed E-state index contributed by atoms with van der Waals surface area (Å²) in [4.78, 5) is 0. The molecule has 0 saturated carbocycles. The van der Waals surface area contributed by atoms with Crippen molar-refractivity contribution in [1.82, 2.24) is 10.6 Å². The fraction of sp³-hybridized carbons (Fsp3) is 1.00. The van der Waals surface area contributed by atoms with Crippen molar-refractivity contribution in [2.45, 2.75) is 49.6 Å². The van der Waals surface area contributed by atoms with Crippen LogP contribution in [0.4, 0.5) is 0 Å². The van der Waals surface area contributed by atoms with Gasteiger partial charge in [-0.1, -0.05) is 0 Å². The molecule has 8 nitrogen and oxygen atoms in total. The van der Waals surface area contributed by atoms with Crippen molar-refractivity contribution < 1.29 is 28.4 Å². The normalized spacial score (nSPS) is 12.6. The van der Waals surface area contributed by atoms with Gasteiger partial charge in [0.25, 0.3) is 0 Å². The smallest absolute Gasteiger partial charge is 0.0887 e. The maximum absolute atomic E-state index is 6.01. The molecule has 0 bridgehead atoms. The summed E-state index contributed by atoms with van der Waals surface area (Å²) in [5, 5.41) is 7.09. The van der Waals surface area contributed by atoms with Crippen LogP contribution >= 0.6 is 0 Å². The highest BCUT2D eigenvalue weighted by Crippen LogP contribution is 2.26. The molecule has 8 heteroatoms. The van der Waals surface area contributed by atoms with E-state index in [1.165, 1.54) is 0 Å². The topological polar surface area (TPSA) is 79.4 Å². The Morgan fingerprint density at radius 1 is 0.567 bits per heavy atom. The molecule has 0 rings (SSSR count). The molecule has 0 aromatic heterocycles. The molecule has 0 amide bonds. The predicted octanol–water partition coefficient (Wildman–Crippen LogP) is 1.86. The monoisotopic (exact) mass is 436 g/mol. The summed E-state index contributed by atoms with van der Waals surface area (Å²) in [5.41, 5.74) is -0.298. The van der Waals surface area contributed by atoms with Gasteiger partial charge in [0.1, 0.15) is 0 Å². The number of rotatable bonds is 23. The van der Waals surface area contributed by atoms with Gasteiger partial charge >= 0.3 is 0 Å². The Kier molecular flexibility index (Phi) is 19.2. The molecule has 0 fully saturated rings. The summed E-state index contributed by atoms with van der Waals surface area (Å²) in [5.74, 6) is 0. The van der Waals surface area contributed by atoms with Crippen LogP contribution in [0.1, 0.15) is 38.5 Å². The Balaban J connectivity index is 4.79. The lowest BCUT2D eigenvalue weighted by atomic mass is 9.84. The largest absolute Gasteiger partial charge is 0.385 e. The average molecular weight is 437 g/mol. The quantitative estimate of drug-likeness (QED) is 0.235. The van der Waals surface area contributed by atoms with E-state index in [4.69, 9.17) is 28.4 Å². The molecule has 0 aliphatic carbocycles. The predicted molar refractivity (Wildman–Crippen MR) is 120 cm³/mol. The van der Waals surface area contributed by atoms with Crippen molar-refractivity contribution in [3.63, 3.8) is 0 Å². The Labute approximate surface area is 184 Å². The summed E-state index contributed by atoms with van der Waals surface area (Å²) in [7, 11) is 10.6. The summed E-state index contributed by atoms with van der Waals surface area (Å²) in [6.07, 6.45) is 6.24. The minimum atomic E-state index is -0.337. The van der Waals surface area contributed by atoms with Gasteiger partial charge in [0.05, 0.1) is 32.0 Å².